The monoisotopic (exact) mass is 843 g/mol. The van der Waals surface area contributed by atoms with Crippen LogP contribution in [-0.2, 0) is 5.41 Å². The van der Waals surface area contributed by atoms with Crippen LogP contribution in [0.15, 0.2) is 221 Å². The van der Waals surface area contributed by atoms with Gasteiger partial charge in [0, 0.05) is 43.9 Å². The summed E-state index contributed by atoms with van der Waals surface area (Å²) < 4.78 is 13.1. The first-order valence-corrected chi connectivity index (χ1v) is 22.8. The molecule has 0 unspecified atom stereocenters. The fraction of sp³-hybridized carbons (Fsp3) is 0.0476. The molecule has 0 N–H and O–H groups in total. The number of furan rings is 2. The highest BCUT2D eigenvalue weighted by Crippen LogP contribution is 2.52. The molecule has 11 aromatic carbocycles. The zero-order valence-corrected chi connectivity index (χ0v) is 36.5. The summed E-state index contributed by atoms with van der Waals surface area (Å²) in [6.07, 6.45) is 0. The number of hydrogen-bond acceptors (Lipinski definition) is 3. The molecule has 0 saturated heterocycles. The van der Waals surface area contributed by atoms with Crippen LogP contribution < -0.4 is 4.90 Å². The molecule has 0 fully saturated rings. The van der Waals surface area contributed by atoms with Crippen LogP contribution in [-0.4, -0.2) is 0 Å². The minimum Gasteiger partial charge on any atom is -0.455 e. The van der Waals surface area contributed by atoms with E-state index in [0.717, 1.165) is 77.6 Å². The van der Waals surface area contributed by atoms with E-state index in [1.165, 1.54) is 60.1 Å². The summed E-state index contributed by atoms with van der Waals surface area (Å²) in [5.41, 5.74) is 16.5. The second-order valence-electron chi connectivity index (χ2n) is 18.4. The lowest BCUT2D eigenvalue weighted by molar-refractivity contribution is 0.661. The third kappa shape index (κ3) is 5.31. The molecule has 14 rings (SSSR count). The van der Waals surface area contributed by atoms with Crippen molar-refractivity contribution in [3.05, 3.63) is 223 Å². The maximum Gasteiger partial charge on any atom is 0.159 e. The molecule has 0 aliphatic heterocycles. The highest BCUT2D eigenvalue weighted by Gasteiger charge is 2.35. The van der Waals surface area contributed by atoms with Crippen molar-refractivity contribution < 1.29 is 8.83 Å². The summed E-state index contributed by atoms with van der Waals surface area (Å²) in [7, 11) is 0. The molecule has 0 spiro atoms. The Morgan fingerprint density at radius 1 is 0.318 bits per heavy atom. The lowest BCUT2D eigenvalue weighted by Gasteiger charge is -2.26. The summed E-state index contributed by atoms with van der Waals surface area (Å²) in [4.78, 5) is 2.32. The topological polar surface area (TPSA) is 29.5 Å². The van der Waals surface area contributed by atoms with Gasteiger partial charge in [0.1, 0.15) is 16.7 Å². The van der Waals surface area contributed by atoms with Gasteiger partial charge in [0.2, 0.25) is 0 Å². The third-order valence-electron chi connectivity index (χ3n) is 14.5. The number of benzene rings is 11. The van der Waals surface area contributed by atoms with E-state index in [1.54, 1.807) is 0 Å². The number of anilines is 3. The van der Waals surface area contributed by atoms with Crippen LogP contribution in [0.1, 0.15) is 25.0 Å². The van der Waals surface area contributed by atoms with Gasteiger partial charge in [-0.1, -0.05) is 166 Å². The molecule has 0 amide bonds. The van der Waals surface area contributed by atoms with Crippen molar-refractivity contribution in [2.45, 2.75) is 19.3 Å². The fourth-order valence-corrected chi connectivity index (χ4v) is 11.2. The van der Waals surface area contributed by atoms with Crippen LogP contribution in [0.2, 0.25) is 0 Å². The number of para-hydroxylation sites is 4. The van der Waals surface area contributed by atoms with Crippen molar-refractivity contribution >= 4 is 93.3 Å². The van der Waals surface area contributed by atoms with Crippen molar-refractivity contribution in [1.29, 1.82) is 0 Å². The van der Waals surface area contributed by atoms with E-state index in [9.17, 15) is 0 Å². The number of fused-ring (bicyclic) bond motifs is 15. The van der Waals surface area contributed by atoms with E-state index in [1.807, 2.05) is 24.3 Å². The molecule has 3 heteroatoms. The maximum atomic E-state index is 6.68. The van der Waals surface area contributed by atoms with Gasteiger partial charge in [0.15, 0.2) is 5.58 Å². The summed E-state index contributed by atoms with van der Waals surface area (Å²) >= 11 is 0. The van der Waals surface area contributed by atoms with E-state index >= 15 is 0 Å². The summed E-state index contributed by atoms with van der Waals surface area (Å²) in [6, 6.07) is 77.1. The average Bonchev–Trinajstić information content (AvgIpc) is 4.02. The standard InChI is InChI=1S/C63H41NO2/c1-63(2)56-21-8-5-15-47(56)55-36-53-45-14-4-3-13-44(45)52-35-40(29-34-46(52)54(53)37-57(55)63)38-25-30-41(31-26-38)64(58-22-12-20-51-49-17-7-10-24-60(49)66-62(51)58)42-32-27-39(28-33-42)43-18-11-19-50-48-16-6-9-23-59(48)65-61(43)50/h3-37H,1-2H3. The highest BCUT2D eigenvalue weighted by molar-refractivity contribution is 6.27. The first-order chi connectivity index (χ1) is 32.5. The molecule has 0 saturated carbocycles. The Hall–Kier alpha value is -8.40. The Labute approximate surface area is 381 Å². The highest BCUT2D eigenvalue weighted by atomic mass is 16.3. The molecule has 0 radical (unpaired) electrons. The van der Waals surface area contributed by atoms with Gasteiger partial charge in [-0.15, -0.1) is 0 Å². The summed E-state index contributed by atoms with van der Waals surface area (Å²) in [5.74, 6) is 0. The van der Waals surface area contributed by atoms with Crippen LogP contribution in [0.3, 0.4) is 0 Å². The molecule has 310 valence electrons. The van der Waals surface area contributed by atoms with Gasteiger partial charge in [0.25, 0.3) is 0 Å². The number of rotatable bonds is 5. The van der Waals surface area contributed by atoms with Crippen LogP contribution in [0.5, 0.6) is 0 Å². The molecule has 3 nitrogen and oxygen atoms in total. The zero-order valence-electron chi connectivity index (χ0n) is 36.5. The van der Waals surface area contributed by atoms with E-state index in [0.29, 0.717) is 0 Å². The van der Waals surface area contributed by atoms with E-state index in [2.05, 4.69) is 207 Å². The van der Waals surface area contributed by atoms with Gasteiger partial charge >= 0.3 is 0 Å². The minimum atomic E-state index is -0.0737. The van der Waals surface area contributed by atoms with Crippen LogP contribution >= 0.6 is 0 Å². The van der Waals surface area contributed by atoms with Gasteiger partial charge in [0.05, 0.1) is 5.69 Å². The Bertz CT molecular complexity index is 4130. The Balaban J connectivity index is 0.896. The smallest absolute Gasteiger partial charge is 0.159 e. The molecular formula is C63H41NO2. The van der Waals surface area contributed by atoms with Gasteiger partial charge in [-0.2, -0.15) is 0 Å². The predicted molar refractivity (Wildman–Crippen MR) is 277 cm³/mol. The largest absolute Gasteiger partial charge is 0.455 e. The molecular weight excluding hydrogens is 803 g/mol. The quantitative estimate of drug-likeness (QED) is 0.162. The zero-order chi connectivity index (χ0) is 43.7. The third-order valence-corrected chi connectivity index (χ3v) is 14.5. The van der Waals surface area contributed by atoms with Crippen molar-refractivity contribution in [1.82, 2.24) is 0 Å². The normalized spacial score (nSPS) is 13.1. The van der Waals surface area contributed by atoms with Gasteiger partial charge < -0.3 is 13.7 Å². The van der Waals surface area contributed by atoms with Crippen molar-refractivity contribution in [2.75, 3.05) is 4.90 Å². The Kier molecular flexibility index (Phi) is 7.74. The molecule has 13 aromatic rings. The molecule has 2 heterocycles. The maximum absolute atomic E-state index is 6.68. The molecule has 0 atom stereocenters. The van der Waals surface area contributed by atoms with Gasteiger partial charge in [-0.3, -0.25) is 0 Å². The SMILES string of the molecule is CC1(C)c2ccccc2-c2cc3c4ccccc4c4cc(-c5ccc(N(c6ccc(-c7cccc8c7oc7ccccc78)cc6)c6cccc7c6oc6ccccc67)cc5)ccc4c3cc21. The average molecular weight is 844 g/mol. The second-order valence-corrected chi connectivity index (χ2v) is 18.4. The first kappa shape index (κ1) is 37.0. The fourth-order valence-electron chi connectivity index (χ4n) is 11.2. The van der Waals surface area contributed by atoms with Crippen molar-refractivity contribution in [2.24, 2.45) is 0 Å². The molecule has 1 aliphatic carbocycles. The molecule has 0 bridgehead atoms. The van der Waals surface area contributed by atoms with E-state index in [-0.39, 0.29) is 5.41 Å². The minimum absolute atomic E-state index is 0.0737. The lowest BCUT2D eigenvalue weighted by atomic mass is 9.81. The number of hydrogen-bond donors (Lipinski definition) is 0. The molecule has 1 aliphatic rings. The van der Waals surface area contributed by atoms with E-state index < -0.39 is 0 Å². The van der Waals surface area contributed by atoms with Crippen LogP contribution in [0, 0.1) is 0 Å². The summed E-state index contributed by atoms with van der Waals surface area (Å²) in [6.45, 7) is 4.73. The number of nitrogens with zero attached hydrogens (tertiary/aromatic N) is 1. The van der Waals surface area contributed by atoms with Gasteiger partial charge in [-0.25, -0.2) is 0 Å². The van der Waals surface area contributed by atoms with Crippen molar-refractivity contribution in [3.8, 4) is 33.4 Å². The molecule has 66 heavy (non-hydrogen) atoms. The Morgan fingerprint density at radius 3 is 1.53 bits per heavy atom. The van der Waals surface area contributed by atoms with Gasteiger partial charge in [-0.05, 0) is 132 Å². The predicted octanol–water partition coefficient (Wildman–Crippen LogP) is 18.1. The lowest BCUT2D eigenvalue weighted by Crippen LogP contribution is -2.14. The van der Waals surface area contributed by atoms with Crippen LogP contribution in [0.25, 0.3) is 110 Å². The summed E-state index contributed by atoms with van der Waals surface area (Å²) in [5, 5.41) is 12.2. The second kappa shape index (κ2) is 13.8. The Morgan fingerprint density at radius 2 is 0.818 bits per heavy atom. The van der Waals surface area contributed by atoms with Crippen LogP contribution in [0.4, 0.5) is 17.1 Å². The van der Waals surface area contributed by atoms with Crippen molar-refractivity contribution in [3.63, 3.8) is 0 Å². The molecule has 2 aromatic heterocycles. The first-order valence-electron chi connectivity index (χ1n) is 22.8. The van der Waals surface area contributed by atoms with E-state index in [4.69, 9.17) is 8.83 Å².